The predicted molar refractivity (Wildman–Crippen MR) is 80.6 cm³/mol. The molecular weight excluding hydrogens is 323 g/mol. The molecule has 0 aliphatic carbocycles. The first-order chi connectivity index (χ1) is 9.43. The second kappa shape index (κ2) is 5.94. The molecule has 0 saturated heterocycles. The van der Waals surface area contributed by atoms with E-state index in [1.165, 1.54) is 19.2 Å². The number of aliphatic hydroxyl groups excluding tert-OH is 1. The maximum absolute atomic E-state index is 13.4. The number of halogens is 2. The van der Waals surface area contributed by atoms with Crippen molar-refractivity contribution in [2.45, 2.75) is 20.0 Å². The van der Waals surface area contributed by atoms with Crippen molar-refractivity contribution in [2.24, 2.45) is 0 Å². The molecular formula is C16H16BrFO2. The van der Waals surface area contributed by atoms with Crippen molar-refractivity contribution in [3.8, 4) is 5.75 Å². The molecule has 0 aliphatic heterocycles. The average Bonchev–Trinajstić information content (AvgIpc) is 2.42. The molecule has 20 heavy (non-hydrogen) atoms. The quantitative estimate of drug-likeness (QED) is 0.904. The summed E-state index contributed by atoms with van der Waals surface area (Å²) in [5, 5.41) is 10.5. The average molecular weight is 339 g/mol. The number of hydrogen-bond donors (Lipinski definition) is 1. The highest BCUT2D eigenvalue weighted by Gasteiger charge is 2.16. The van der Waals surface area contributed by atoms with Gasteiger partial charge in [0.2, 0.25) is 0 Å². The summed E-state index contributed by atoms with van der Waals surface area (Å²) < 4.78 is 19.4. The zero-order valence-corrected chi connectivity index (χ0v) is 13.2. The monoisotopic (exact) mass is 338 g/mol. The molecule has 0 bridgehead atoms. The Morgan fingerprint density at radius 3 is 2.50 bits per heavy atom. The Morgan fingerprint density at radius 1 is 1.15 bits per heavy atom. The summed E-state index contributed by atoms with van der Waals surface area (Å²) in [6.45, 7) is 3.90. The molecule has 0 aromatic heterocycles. The van der Waals surface area contributed by atoms with Crippen LogP contribution in [0.3, 0.4) is 0 Å². The third kappa shape index (κ3) is 2.86. The number of hydrogen-bond acceptors (Lipinski definition) is 2. The van der Waals surface area contributed by atoms with E-state index in [0.29, 0.717) is 5.56 Å². The Hall–Kier alpha value is -1.39. The Bertz CT molecular complexity index is 641. The topological polar surface area (TPSA) is 29.5 Å². The summed E-state index contributed by atoms with van der Waals surface area (Å²) in [7, 11) is 1.41. The Kier molecular flexibility index (Phi) is 4.45. The molecule has 0 radical (unpaired) electrons. The fourth-order valence-electron chi connectivity index (χ4n) is 2.12. The minimum atomic E-state index is -0.809. The van der Waals surface area contributed by atoms with Crippen molar-refractivity contribution in [3.05, 3.63) is 62.9 Å². The van der Waals surface area contributed by atoms with Crippen LogP contribution in [0.2, 0.25) is 0 Å². The van der Waals surface area contributed by atoms with Crippen LogP contribution in [0, 0.1) is 19.7 Å². The first-order valence-electron chi connectivity index (χ1n) is 6.22. The first-order valence-corrected chi connectivity index (χ1v) is 7.01. The van der Waals surface area contributed by atoms with E-state index in [2.05, 4.69) is 15.9 Å². The molecule has 0 fully saturated rings. The highest BCUT2D eigenvalue weighted by atomic mass is 79.9. The Labute approximate surface area is 126 Å². The zero-order chi connectivity index (χ0) is 14.9. The van der Waals surface area contributed by atoms with Gasteiger partial charge in [-0.3, -0.25) is 0 Å². The molecule has 1 N–H and O–H groups in total. The van der Waals surface area contributed by atoms with E-state index in [-0.39, 0.29) is 5.75 Å². The van der Waals surface area contributed by atoms with Gasteiger partial charge in [-0.1, -0.05) is 28.1 Å². The molecule has 2 rings (SSSR count). The lowest BCUT2D eigenvalue weighted by molar-refractivity contribution is 0.218. The number of aryl methyl sites for hydroxylation is 2. The van der Waals surface area contributed by atoms with Crippen LogP contribution in [0.4, 0.5) is 4.39 Å². The molecule has 0 amide bonds. The minimum absolute atomic E-state index is 0.132. The molecule has 0 saturated carbocycles. The summed E-state index contributed by atoms with van der Waals surface area (Å²) in [5.41, 5.74) is 3.42. The standard InChI is InChI=1S/C16H16BrFO2/c1-9-7-13(17)10(2)6-12(9)16(19)11-4-5-14(18)15(8-11)20-3/h4-8,16,19H,1-3H3. The minimum Gasteiger partial charge on any atom is -0.494 e. The van der Waals surface area contributed by atoms with Crippen LogP contribution in [-0.2, 0) is 0 Å². The van der Waals surface area contributed by atoms with E-state index in [1.54, 1.807) is 6.07 Å². The van der Waals surface area contributed by atoms with Crippen LogP contribution in [0.5, 0.6) is 5.75 Å². The summed E-state index contributed by atoms with van der Waals surface area (Å²) >= 11 is 3.47. The lowest BCUT2D eigenvalue weighted by atomic mass is 9.95. The maximum atomic E-state index is 13.4. The number of rotatable bonds is 3. The van der Waals surface area contributed by atoms with Crippen molar-refractivity contribution in [2.75, 3.05) is 7.11 Å². The third-order valence-electron chi connectivity index (χ3n) is 3.33. The van der Waals surface area contributed by atoms with Gasteiger partial charge in [0, 0.05) is 4.47 Å². The van der Waals surface area contributed by atoms with Gasteiger partial charge in [0.1, 0.15) is 6.10 Å². The molecule has 0 heterocycles. The summed E-state index contributed by atoms with van der Waals surface area (Å²) in [4.78, 5) is 0. The van der Waals surface area contributed by atoms with E-state index in [9.17, 15) is 9.50 Å². The molecule has 106 valence electrons. The lowest BCUT2D eigenvalue weighted by Gasteiger charge is -2.17. The molecule has 0 aliphatic rings. The Morgan fingerprint density at radius 2 is 1.85 bits per heavy atom. The van der Waals surface area contributed by atoms with Gasteiger partial charge in [-0.25, -0.2) is 4.39 Å². The van der Waals surface area contributed by atoms with E-state index >= 15 is 0 Å². The van der Waals surface area contributed by atoms with Gasteiger partial charge in [-0.15, -0.1) is 0 Å². The van der Waals surface area contributed by atoms with Gasteiger partial charge >= 0.3 is 0 Å². The van der Waals surface area contributed by atoms with Crippen LogP contribution in [0.25, 0.3) is 0 Å². The van der Waals surface area contributed by atoms with E-state index < -0.39 is 11.9 Å². The largest absolute Gasteiger partial charge is 0.494 e. The van der Waals surface area contributed by atoms with Crippen LogP contribution < -0.4 is 4.74 Å². The highest BCUT2D eigenvalue weighted by molar-refractivity contribution is 9.10. The van der Waals surface area contributed by atoms with Gasteiger partial charge in [0.25, 0.3) is 0 Å². The van der Waals surface area contributed by atoms with Crippen molar-refractivity contribution < 1.29 is 14.2 Å². The molecule has 1 unspecified atom stereocenters. The summed E-state index contributed by atoms with van der Waals surface area (Å²) in [5.74, 6) is -0.305. The number of methoxy groups -OCH3 is 1. The van der Waals surface area contributed by atoms with Crippen molar-refractivity contribution >= 4 is 15.9 Å². The van der Waals surface area contributed by atoms with Crippen LogP contribution in [0.15, 0.2) is 34.8 Å². The predicted octanol–water partition coefficient (Wildman–Crippen LogP) is 4.30. The molecule has 2 aromatic carbocycles. The molecule has 4 heteroatoms. The molecule has 1 atom stereocenters. The van der Waals surface area contributed by atoms with Gasteiger partial charge in [0.15, 0.2) is 11.6 Å². The third-order valence-corrected chi connectivity index (χ3v) is 4.19. The van der Waals surface area contributed by atoms with Crippen LogP contribution in [-0.4, -0.2) is 12.2 Å². The van der Waals surface area contributed by atoms with Gasteiger partial charge in [-0.2, -0.15) is 0 Å². The molecule has 2 nitrogen and oxygen atoms in total. The van der Waals surface area contributed by atoms with Gasteiger partial charge in [-0.05, 0) is 54.3 Å². The number of aliphatic hydroxyl groups is 1. The summed E-state index contributed by atoms with van der Waals surface area (Å²) in [6.07, 6.45) is -0.809. The molecule has 0 spiro atoms. The van der Waals surface area contributed by atoms with Crippen molar-refractivity contribution in [1.29, 1.82) is 0 Å². The van der Waals surface area contributed by atoms with Crippen LogP contribution >= 0.6 is 15.9 Å². The number of ether oxygens (including phenoxy) is 1. The Balaban J connectivity index is 2.46. The maximum Gasteiger partial charge on any atom is 0.165 e. The fraction of sp³-hybridized carbons (Fsp3) is 0.250. The highest BCUT2D eigenvalue weighted by Crippen LogP contribution is 2.31. The van der Waals surface area contributed by atoms with Crippen molar-refractivity contribution in [3.63, 3.8) is 0 Å². The number of benzene rings is 2. The SMILES string of the molecule is COc1cc(C(O)c2cc(C)c(Br)cc2C)ccc1F. The fourth-order valence-corrected chi connectivity index (χ4v) is 2.58. The van der Waals surface area contributed by atoms with Crippen LogP contribution in [0.1, 0.15) is 28.4 Å². The zero-order valence-electron chi connectivity index (χ0n) is 11.6. The van der Waals surface area contributed by atoms with E-state index in [1.807, 2.05) is 26.0 Å². The second-order valence-electron chi connectivity index (χ2n) is 4.75. The van der Waals surface area contributed by atoms with E-state index in [0.717, 1.165) is 21.2 Å². The van der Waals surface area contributed by atoms with Crippen molar-refractivity contribution in [1.82, 2.24) is 0 Å². The second-order valence-corrected chi connectivity index (χ2v) is 5.61. The van der Waals surface area contributed by atoms with E-state index in [4.69, 9.17) is 4.74 Å². The van der Waals surface area contributed by atoms with Gasteiger partial charge in [0.05, 0.1) is 7.11 Å². The first kappa shape index (κ1) is 15.0. The van der Waals surface area contributed by atoms with Gasteiger partial charge < -0.3 is 9.84 Å². The summed E-state index contributed by atoms with van der Waals surface area (Å²) in [6, 6.07) is 8.29. The molecule has 2 aromatic rings. The normalized spacial score (nSPS) is 12.3. The lowest BCUT2D eigenvalue weighted by Crippen LogP contribution is -2.04. The smallest absolute Gasteiger partial charge is 0.165 e.